The molecule has 0 aromatic carbocycles. The molecular weight excluding hydrogens is 152 g/mol. The van der Waals surface area contributed by atoms with Gasteiger partial charge in [0.05, 0.1) is 0 Å². The summed E-state index contributed by atoms with van der Waals surface area (Å²) in [6, 6.07) is 0. The third-order valence-corrected chi connectivity index (χ3v) is 4.39. The molecule has 0 radical (unpaired) electrons. The highest BCUT2D eigenvalue weighted by Crippen LogP contribution is 2.70. The van der Waals surface area contributed by atoms with E-state index in [0.717, 1.165) is 11.8 Å². The van der Waals surface area contributed by atoms with Crippen LogP contribution in [0, 0.1) is 23.7 Å². The maximum atomic E-state index is 5.61. The van der Waals surface area contributed by atoms with Crippen LogP contribution in [0.5, 0.6) is 0 Å². The molecule has 3 rings (SSSR count). The van der Waals surface area contributed by atoms with Crippen LogP contribution in [-0.2, 0) is 9.47 Å². The van der Waals surface area contributed by atoms with Crippen molar-refractivity contribution in [3.63, 3.8) is 0 Å². The van der Waals surface area contributed by atoms with Crippen LogP contribution in [0.25, 0.3) is 0 Å². The van der Waals surface area contributed by atoms with Crippen LogP contribution >= 0.6 is 0 Å². The molecule has 0 saturated heterocycles. The Kier molecular flexibility index (Phi) is 1.25. The summed E-state index contributed by atoms with van der Waals surface area (Å²) in [5.41, 5.74) is 0. The van der Waals surface area contributed by atoms with Gasteiger partial charge in [-0.2, -0.15) is 0 Å². The van der Waals surface area contributed by atoms with Crippen LogP contribution in [0.2, 0.25) is 0 Å². The average molecular weight is 168 g/mol. The topological polar surface area (TPSA) is 18.5 Å². The number of hydrogen-bond acceptors (Lipinski definition) is 2. The van der Waals surface area contributed by atoms with Gasteiger partial charge in [-0.3, -0.25) is 0 Å². The molecule has 12 heavy (non-hydrogen) atoms. The maximum absolute atomic E-state index is 5.61. The van der Waals surface area contributed by atoms with E-state index in [1.807, 2.05) is 0 Å². The Morgan fingerprint density at radius 2 is 1.50 bits per heavy atom. The van der Waals surface area contributed by atoms with Crippen LogP contribution in [-0.4, -0.2) is 20.0 Å². The molecule has 0 N–H and O–H groups in total. The Morgan fingerprint density at radius 1 is 1.00 bits per heavy atom. The molecule has 68 valence electrons. The molecule has 2 heteroatoms. The van der Waals surface area contributed by atoms with Gasteiger partial charge in [0, 0.05) is 26.1 Å². The lowest BCUT2D eigenvalue weighted by atomic mass is 9.99. The molecule has 0 unspecified atom stereocenters. The monoisotopic (exact) mass is 168 g/mol. The Hall–Kier alpha value is -0.0800. The zero-order chi connectivity index (χ0) is 8.34. The zero-order valence-corrected chi connectivity index (χ0v) is 7.75. The maximum Gasteiger partial charge on any atom is 0.173 e. The SMILES string of the molecule is COC1(OC)[C@H]2CC[C@H]1[C@H]1C[C@@H]12. The van der Waals surface area contributed by atoms with Gasteiger partial charge in [0.25, 0.3) is 0 Å². The van der Waals surface area contributed by atoms with E-state index in [-0.39, 0.29) is 5.79 Å². The first-order valence-electron chi connectivity index (χ1n) is 4.94. The van der Waals surface area contributed by atoms with Crippen LogP contribution in [0.4, 0.5) is 0 Å². The summed E-state index contributed by atoms with van der Waals surface area (Å²) in [6.07, 6.45) is 4.10. The molecule has 3 aliphatic rings. The summed E-state index contributed by atoms with van der Waals surface area (Å²) in [6.45, 7) is 0. The highest BCUT2D eigenvalue weighted by molar-refractivity contribution is 5.16. The predicted molar refractivity (Wildman–Crippen MR) is 44.6 cm³/mol. The molecule has 2 bridgehead atoms. The van der Waals surface area contributed by atoms with E-state index >= 15 is 0 Å². The lowest BCUT2D eigenvalue weighted by Gasteiger charge is -2.33. The van der Waals surface area contributed by atoms with Crippen molar-refractivity contribution in [2.45, 2.75) is 25.0 Å². The molecule has 0 amide bonds. The summed E-state index contributed by atoms with van der Waals surface area (Å²) in [4.78, 5) is 0. The molecule has 3 aliphatic carbocycles. The third kappa shape index (κ3) is 0.579. The summed E-state index contributed by atoms with van der Waals surface area (Å²) < 4.78 is 11.2. The number of fused-ring (bicyclic) bond motifs is 5. The lowest BCUT2D eigenvalue weighted by molar-refractivity contribution is -0.243. The van der Waals surface area contributed by atoms with Crippen molar-refractivity contribution in [2.24, 2.45) is 23.7 Å². The van der Waals surface area contributed by atoms with Gasteiger partial charge in [-0.1, -0.05) is 0 Å². The summed E-state index contributed by atoms with van der Waals surface area (Å²) in [5.74, 6) is 3.14. The van der Waals surface area contributed by atoms with Crippen molar-refractivity contribution in [1.29, 1.82) is 0 Å². The van der Waals surface area contributed by atoms with Crippen LogP contribution < -0.4 is 0 Å². The largest absolute Gasteiger partial charge is 0.353 e. The third-order valence-electron chi connectivity index (χ3n) is 4.39. The second-order valence-corrected chi connectivity index (χ2v) is 4.48. The second-order valence-electron chi connectivity index (χ2n) is 4.48. The fraction of sp³-hybridized carbons (Fsp3) is 1.00. The van der Waals surface area contributed by atoms with E-state index in [1.165, 1.54) is 19.3 Å². The van der Waals surface area contributed by atoms with Crippen molar-refractivity contribution in [3.8, 4) is 0 Å². The van der Waals surface area contributed by atoms with Gasteiger partial charge in [-0.15, -0.1) is 0 Å². The van der Waals surface area contributed by atoms with Gasteiger partial charge >= 0.3 is 0 Å². The first-order chi connectivity index (χ1) is 5.83. The molecule has 3 fully saturated rings. The van der Waals surface area contributed by atoms with Gasteiger partial charge in [0.1, 0.15) is 0 Å². The Bertz CT molecular complexity index is 192. The molecule has 2 nitrogen and oxygen atoms in total. The summed E-state index contributed by atoms with van der Waals surface area (Å²) in [7, 11) is 3.61. The highest BCUT2D eigenvalue weighted by Gasteiger charge is 2.71. The van der Waals surface area contributed by atoms with Crippen molar-refractivity contribution < 1.29 is 9.47 Å². The predicted octanol–water partition coefficient (Wildman–Crippen LogP) is 1.65. The van der Waals surface area contributed by atoms with Crippen LogP contribution in [0.15, 0.2) is 0 Å². The first-order valence-corrected chi connectivity index (χ1v) is 4.94. The standard InChI is InChI=1S/C10H16O2/c1-11-10(12-2)8-3-4-9(10)7-5-6(7)8/h6-9H,3-5H2,1-2H3/t6-,7-,8-,9-/m0/s1. The van der Waals surface area contributed by atoms with Crippen LogP contribution in [0.3, 0.4) is 0 Å². The highest BCUT2D eigenvalue weighted by atomic mass is 16.7. The molecule has 4 atom stereocenters. The van der Waals surface area contributed by atoms with Gasteiger partial charge in [-0.25, -0.2) is 0 Å². The first kappa shape index (κ1) is 7.34. The zero-order valence-electron chi connectivity index (χ0n) is 7.75. The van der Waals surface area contributed by atoms with E-state index in [1.54, 1.807) is 14.2 Å². The number of hydrogen-bond donors (Lipinski definition) is 0. The van der Waals surface area contributed by atoms with Gasteiger partial charge in [0.15, 0.2) is 5.79 Å². The Balaban J connectivity index is 1.97. The van der Waals surface area contributed by atoms with E-state index in [4.69, 9.17) is 9.47 Å². The van der Waals surface area contributed by atoms with Crippen LogP contribution in [0.1, 0.15) is 19.3 Å². The summed E-state index contributed by atoms with van der Waals surface area (Å²) in [5, 5.41) is 0. The van der Waals surface area contributed by atoms with E-state index < -0.39 is 0 Å². The molecule has 0 aromatic heterocycles. The second kappa shape index (κ2) is 2.05. The minimum atomic E-state index is -0.173. The number of methoxy groups -OCH3 is 2. The van der Waals surface area contributed by atoms with E-state index in [9.17, 15) is 0 Å². The molecule has 0 aliphatic heterocycles. The minimum absolute atomic E-state index is 0.173. The van der Waals surface area contributed by atoms with E-state index in [2.05, 4.69) is 0 Å². The lowest BCUT2D eigenvalue weighted by Crippen LogP contribution is -2.41. The summed E-state index contributed by atoms with van der Waals surface area (Å²) >= 11 is 0. The molecular formula is C10H16O2. The van der Waals surface area contributed by atoms with Crippen molar-refractivity contribution >= 4 is 0 Å². The minimum Gasteiger partial charge on any atom is -0.353 e. The Morgan fingerprint density at radius 3 is 1.83 bits per heavy atom. The van der Waals surface area contributed by atoms with Crippen molar-refractivity contribution in [1.82, 2.24) is 0 Å². The van der Waals surface area contributed by atoms with E-state index in [0.29, 0.717) is 11.8 Å². The fourth-order valence-corrected chi connectivity index (χ4v) is 3.91. The fourth-order valence-electron chi connectivity index (χ4n) is 3.91. The normalized spacial score (nSPS) is 52.5. The van der Waals surface area contributed by atoms with Gasteiger partial charge < -0.3 is 9.47 Å². The quantitative estimate of drug-likeness (QED) is 0.584. The molecule has 0 heterocycles. The smallest absolute Gasteiger partial charge is 0.173 e. The van der Waals surface area contributed by atoms with Gasteiger partial charge in [-0.05, 0) is 31.1 Å². The number of rotatable bonds is 2. The Labute approximate surface area is 73.2 Å². The molecule has 3 saturated carbocycles. The van der Waals surface area contributed by atoms with Crippen molar-refractivity contribution in [2.75, 3.05) is 14.2 Å². The number of ether oxygens (including phenoxy) is 2. The average Bonchev–Trinajstić information content (AvgIpc) is 2.79. The molecule has 0 aromatic rings. The van der Waals surface area contributed by atoms with Gasteiger partial charge in [0.2, 0.25) is 0 Å². The van der Waals surface area contributed by atoms with Crippen molar-refractivity contribution in [3.05, 3.63) is 0 Å². The molecule has 0 spiro atoms.